The third-order valence-corrected chi connectivity index (χ3v) is 6.00. The maximum Gasteiger partial charge on any atom is 0.454 e. The van der Waals surface area contributed by atoms with Crippen LogP contribution in [0.1, 0.15) is 15.9 Å². The van der Waals surface area contributed by atoms with Gasteiger partial charge in [-0.15, -0.1) is 0 Å². The van der Waals surface area contributed by atoms with Crippen LogP contribution in [0.25, 0.3) is 0 Å². The second-order valence-corrected chi connectivity index (χ2v) is 7.97. The molecule has 0 bridgehead atoms. The average molecular weight is 457 g/mol. The summed E-state index contributed by atoms with van der Waals surface area (Å²) in [6, 6.07) is 9.71. The van der Waals surface area contributed by atoms with Gasteiger partial charge in [-0.2, -0.15) is 13.2 Å². The van der Waals surface area contributed by atoms with Crippen LogP contribution in [0.5, 0.6) is 5.75 Å². The van der Waals surface area contributed by atoms with Crippen molar-refractivity contribution in [3.63, 3.8) is 0 Å². The predicted molar refractivity (Wildman–Crippen MR) is 104 cm³/mol. The van der Waals surface area contributed by atoms with Crippen LogP contribution >= 0.6 is 0 Å². The number of alkyl halides is 3. The number of halogens is 3. The van der Waals surface area contributed by atoms with Crippen LogP contribution in [0, 0.1) is 0 Å². The van der Waals surface area contributed by atoms with Crippen molar-refractivity contribution in [1.29, 1.82) is 0 Å². The van der Waals surface area contributed by atoms with Crippen molar-refractivity contribution in [1.82, 2.24) is 4.31 Å². The largest absolute Gasteiger partial charge is 0.497 e. The van der Waals surface area contributed by atoms with Crippen molar-refractivity contribution >= 4 is 21.8 Å². The zero-order chi connectivity index (χ0) is 23.4. The molecule has 0 saturated heterocycles. The van der Waals surface area contributed by atoms with E-state index in [0.29, 0.717) is 10.1 Å². The van der Waals surface area contributed by atoms with Crippen LogP contribution in [0.2, 0.25) is 0 Å². The first-order valence-corrected chi connectivity index (χ1v) is 10.0. The number of Topliss-reactive ketones (excluding diaryl/α,β-unsaturated/α-hetero) is 1. The fourth-order valence-corrected chi connectivity index (χ4v) is 4.02. The molecule has 2 aromatic rings. The van der Waals surface area contributed by atoms with Crippen molar-refractivity contribution < 1.29 is 40.7 Å². The molecule has 0 spiro atoms. The minimum atomic E-state index is -5.17. The second-order valence-electron chi connectivity index (χ2n) is 6.11. The Morgan fingerprint density at radius 3 is 2.13 bits per heavy atom. The van der Waals surface area contributed by atoms with Crippen LogP contribution < -0.4 is 4.74 Å². The molecule has 0 saturated carbocycles. The fourth-order valence-electron chi connectivity index (χ4n) is 2.61. The molecule has 0 N–H and O–H groups in total. The van der Waals surface area contributed by atoms with Gasteiger partial charge in [0.25, 0.3) is 15.8 Å². The van der Waals surface area contributed by atoms with E-state index in [9.17, 15) is 31.2 Å². The fraction of sp³-hybridized carbons (Fsp3) is 0.200. The molecule has 0 heterocycles. The number of carbonyl (C=O) groups is 2. The Morgan fingerprint density at radius 1 is 1.03 bits per heavy atom. The molecule has 0 fully saturated rings. The number of sulfonamides is 1. The summed E-state index contributed by atoms with van der Waals surface area (Å²) in [6.07, 6.45) is -5.17. The summed E-state index contributed by atoms with van der Waals surface area (Å²) in [6.45, 7) is 2.65. The first-order valence-electron chi connectivity index (χ1n) is 8.57. The monoisotopic (exact) mass is 457 g/mol. The number of ether oxygens (including phenoxy) is 2. The molecule has 7 nitrogen and oxygen atoms in total. The number of methoxy groups -OCH3 is 2. The predicted octanol–water partition coefficient (Wildman–Crippen LogP) is 3.32. The van der Waals surface area contributed by atoms with E-state index >= 15 is 0 Å². The lowest BCUT2D eigenvalue weighted by Crippen LogP contribution is -2.34. The Hall–Kier alpha value is -3.34. The highest BCUT2D eigenvalue weighted by atomic mass is 32.2. The van der Waals surface area contributed by atoms with Crippen LogP contribution in [-0.4, -0.2) is 44.9 Å². The highest BCUT2D eigenvalue weighted by molar-refractivity contribution is 7.89. The minimum absolute atomic E-state index is 0.271. The van der Waals surface area contributed by atoms with Gasteiger partial charge in [-0.25, -0.2) is 13.2 Å². The molecule has 0 unspecified atom stereocenters. The van der Waals surface area contributed by atoms with E-state index in [-0.39, 0.29) is 10.5 Å². The van der Waals surface area contributed by atoms with Gasteiger partial charge in [-0.3, -0.25) is 9.10 Å². The van der Waals surface area contributed by atoms with Gasteiger partial charge in [0, 0.05) is 5.56 Å². The van der Waals surface area contributed by atoms with Crippen LogP contribution in [-0.2, 0) is 26.1 Å². The molecule has 0 aliphatic heterocycles. The summed E-state index contributed by atoms with van der Waals surface area (Å²) >= 11 is 0. The number of hydrogen-bond acceptors (Lipinski definition) is 6. The maximum atomic E-state index is 13.2. The van der Waals surface area contributed by atoms with Crippen LogP contribution in [0.3, 0.4) is 0 Å². The second kappa shape index (κ2) is 9.21. The lowest BCUT2D eigenvalue weighted by molar-refractivity contribution is -0.137. The molecule has 11 heteroatoms. The molecular weight excluding hydrogens is 439 g/mol. The molecule has 0 aliphatic carbocycles. The van der Waals surface area contributed by atoms with Crippen LogP contribution in [0.15, 0.2) is 65.7 Å². The van der Waals surface area contributed by atoms with E-state index < -0.39 is 45.8 Å². The first kappa shape index (κ1) is 23.9. The minimum Gasteiger partial charge on any atom is -0.497 e. The topological polar surface area (TPSA) is 90.0 Å². The maximum absolute atomic E-state index is 13.2. The van der Waals surface area contributed by atoms with E-state index in [1.807, 2.05) is 0 Å². The van der Waals surface area contributed by atoms with Gasteiger partial charge in [0.2, 0.25) is 0 Å². The van der Waals surface area contributed by atoms with E-state index in [0.717, 1.165) is 19.2 Å². The number of rotatable bonds is 8. The Bertz CT molecular complexity index is 1090. The summed E-state index contributed by atoms with van der Waals surface area (Å²) in [4.78, 5) is 23.5. The number of esters is 1. The van der Waals surface area contributed by atoms with E-state index in [4.69, 9.17) is 4.74 Å². The summed E-state index contributed by atoms with van der Waals surface area (Å²) in [7, 11) is -2.10. The van der Waals surface area contributed by atoms with Gasteiger partial charge in [-0.1, -0.05) is 30.8 Å². The first-order chi connectivity index (χ1) is 14.4. The number of ketones is 1. The van der Waals surface area contributed by atoms with Gasteiger partial charge in [0.1, 0.15) is 11.4 Å². The smallest absolute Gasteiger partial charge is 0.454 e. The van der Waals surface area contributed by atoms with Gasteiger partial charge < -0.3 is 9.47 Å². The molecule has 0 atom stereocenters. The molecule has 0 amide bonds. The highest BCUT2D eigenvalue weighted by Gasteiger charge is 2.41. The van der Waals surface area contributed by atoms with Gasteiger partial charge in [-0.05, 0) is 29.8 Å². The Balaban J connectivity index is 2.58. The SMILES string of the molecule is C=C(C(=O)OC)N(Cc1ccccc1C(=O)C(F)(F)F)S(=O)(=O)c1ccc(OC)cc1. The zero-order valence-corrected chi connectivity index (χ0v) is 17.3. The number of benzene rings is 2. The number of hydrogen-bond donors (Lipinski definition) is 0. The molecule has 166 valence electrons. The van der Waals surface area contributed by atoms with E-state index in [1.54, 1.807) is 0 Å². The lowest BCUT2D eigenvalue weighted by atomic mass is 10.0. The quantitative estimate of drug-likeness (QED) is 0.343. The van der Waals surface area contributed by atoms with Gasteiger partial charge in [0.05, 0.1) is 25.7 Å². The van der Waals surface area contributed by atoms with E-state index in [2.05, 4.69) is 11.3 Å². The Labute approximate surface area is 176 Å². The normalized spacial score (nSPS) is 11.5. The Kier molecular flexibility index (Phi) is 7.11. The summed E-state index contributed by atoms with van der Waals surface area (Å²) in [5.74, 6) is -2.90. The molecule has 0 aliphatic rings. The summed E-state index contributed by atoms with van der Waals surface area (Å²) < 4.78 is 75.3. The van der Waals surface area contributed by atoms with Gasteiger partial charge in [0.15, 0.2) is 0 Å². The van der Waals surface area contributed by atoms with Crippen molar-refractivity contribution in [2.24, 2.45) is 0 Å². The van der Waals surface area contributed by atoms with E-state index in [1.165, 1.54) is 43.5 Å². The molecular formula is C20H18F3NO6S. The molecule has 2 rings (SSSR count). The van der Waals surface area contributed by atoms with Crippen LogP contribution in [0.4, 0.5) is 13.2 Å². The third-order valence-electron chi connectivity index (χ3n) is 4.20. The van der Waals surface area contributed by atoms with Crippen molar-refractivity contribution in [3.8, 4) is 5.75 Å². The third kappa shape index (κ3) is 5.23. The summed E-state index contributed by atoms with van der Waals surface area (Å²) in [5.41, 5.74) is -1.66. The summed E-state index contributed by atoms with van der Waals surface area (Å²) in [5, 5.41) is 0. The molecule has 0 radical (unpaired) electrons. The van der Waals surface area contributed by atoms with Crippen molar-refractivity contribution in [3.05, 3.63) is 71.9 Å². The standard InChI is InChI=1S/C20H18F3NO6S/c1-13(19(26)30-3)24(31(27,28)16-10-8-15(29-2)9-11-16)12-14-6-4-5-7-17(14)18(25)20(21,22)23/h4-11H,1,12H2,2-3H3. The van der Waals surface area contributed by atoms with Crippen molar-refractivity contribution in [2.75, 3.05) is 14.2 Å². The molecule has 31 heavy (non-hydrogen) atoms. The lowest BCUT2D eigenvalue weighted by Gasteiger charge is -2.26. The molecule has 0 aromatic heterocycles. The number of carbonyl (C=O) groups excluding carboxylic acids is 2. The van der Waals surface area contributed by atoms with Gasteiger partial charge >= 0.3 is 12.1 Å². The Morgan fingerprint density at radius 2 is 1.61 bits per heavy atom. The van der Waals surface area contributed by atoms with Crippen molar-refractivity contribution in [2.45, 2.75) is 17.6 Å². The zero-order valence-electron chi connectivity index (χ0n) is 16.5. The highest BCUT2D eigenvalue weighted by Crippen LogP contribution is 2.28. The average Bonchev–Trinajstić information content (AvgIpc) is 2.75. The molecule has 2 aromatic carbocycles. The number of nitrogens with zero attached hydrogens (tertiary/aromatic N) is 1.